The lowest BCUT2D eigenvalue weighted by molar-refractivity contribution is -0.121. The first-order chi connectivity index (χ1) is 14.8. The fourth-order valence-electron chi connectivity index (χ4n) is 3.56. The number of benzene rings is 2. The number of rotatable bonds is 10. The molecule has 2 aromatic carbocycles. The number of carbonyl (C=O) groups is 1. The van der Waals surface area contributed by atoms with Gasteiger partial charge in [-0.15, -0.1) is 0 Å². The minimum Gasteiger partial charge on any atom is -0.506 e. The highest BCUT2D eigenvalue weighted by Gasteiger charge is 2.36. The summed E-state index contributed by atoms with van der Waals surface area (Å²) < 4.78 is 23.4. The number of nitrogens with one attached hydrogen (secondary N) is 2. The molecule has 6 N–H and O–H groups in total. The maximum atomic E-state index is 12.1. The Balaban J connectivity index is 1.36. The van der Waals surface area contributed by atoms with Crippen molar-refractivity contribution in [3.8, 4) is 5.75 Å². The Bertz CT molecular complexity index is 865. The van der Waals surface area contributed by atoms with Crippen LogP contribution in [0.3, 0.4) is 0 Å². The first kappa shape index (κ1) is 23.4. The first-order valence-electron chi connectivity index (χ1n) is 10.5. The van der Waals surface area contributed by atoms with E-state index in [1.54, 1.807) is 12.1 Å². The second-order valence-corrected chi connectivity index (χ2v) is 9.40. The zero-order chi connectivity index (χ0) is 22.3. The fourth-order valence-corrected chi connectivity index (χ4v) is 4.91. The number of aliphatic hydroxyl groups excluding tert-OH is 1. The average molecular weight is 450 g/mol. The first-order valence-corrected chi connectivity index (χ1v) is 12.0. The Morgan fingerprint density at radius 1 is 1.06 bits per heavy atom. The van der Waals surface area contributed by atoms with Gasteiger partial charge in [0.1, 0.15) is 17.7 Å². The second-order valence-electron chi connectivity index (χ2n) is 7.68. The standard InChI is InChI=1S/C22H31N3O5S/c26-20-15-18(10-12-19(20)25-16-22(28)24-31(25,29)30)11-13-21(27)23-14-6-2-5-9-17-7-3-1-4-8-17/h1,3-4,7-8,10,12,15,22,24,26,28-30H,2,5-6,9,11,13-14,16H2,(H,23,27). The molecule has 1 aliphatic rings. The van der Waals surface area contributed by atoms with E-state index < -0.39 is 17.2 Å². The molecule has 8 nitrogen and oxygen atoms in total. The van der Waals surface area contributed by atoms with Crippen LogP contribution in [0.15, 0.2) is 48.5 Å². The van der Waals surface area contributed by atoms with Crippen molar-refractivity contribution in [2.24, 2.45) is 0 Å². The van der Waals surface area contributed by atoms with Gasteiger partial charge in [0.2, 0.25) is 5.91 Å². The molecule has 9 heteroatoms. The van der Waals surface area contributed by atoms with E-state index in [1.165, 1.54) is 11.6 Å². The van der Waals surface area contributed by atoms with Crippen molar-refractivity contribution in [1.82, 2.24) is 10.0 Å². The largest absolute Gasteiger partial charge is 0.506 e. The Labute approximate surface area is 184 Å². The summed E-state index contributed by atoms with van der Waals surface area (Å²) in [6.45, 7) is 0.600. The smallest absolute Gasteiger partial charge is 0.220 e. The third-order valence-corrected chi connectivity index (χ3v) is 6.75. The number of aliphatic hydroxyl groups is 1. The van der Waals surface area contributed by atoms with Crippen molar-refractivity contribution >= 4 is 22.6 Å². The van der Waals surface area contributed by atoms with E-state index in [-0.39, 0.29) is 23.9 Å². The van der Waals surface area contributed by atoms with E-state index in [0.29, 0.717) is 19.4 Å². The summed E-state index contributed by atoms with van der Waals surface area (Å²) >= 11 is 0. The molecular weight excluding hydrogens is 418 g/mol. The van der Waals surface area contributed by atoms with E-state index in [2.05, 4.69) is 22.2 Å². The van der Waals surface area contributed by atoms with Crippen LogP contribution < -0.4 is 14.3 Å². The average Bonchev–Trinajstić information content (AvgIpc) is 3.01. The minimum atomic E-state index is -3.37. The number of hydrogen-bond acceptors (Lipinski definition) is 7. The highest BCUT2D eigenvalue weighted by Crippen LogP contribution is 2.49. The van der Waals surface area contributed by atoms with E-state index in [4.69, 9.17) is 0 Å². The molecule has 0 aliphatic carbocycles. The Hall–Kier alpha value is -2.30. The van der Waals surface area contributed by atoms with Gasteiger partial charge in [0.05, 0.1) is 6.54 Å². The SMILES string of the molecule is O=C(CCc1ccc(N2CC(O)NS2(O)O)c(O)c1)NCCCCCc1ccccc1. The van der Waals surface area contributed by atoms with Crippen LogP contribution in [0.25, 0.3) is 0 Å². The third-order valence-electron chi connectivity index (χ3n) is 5.20. The summed E-state index contributed by atoms with van der Waals surface area (Å²) in [5.41, 5.74) is 2.32. The maximum absolute atomic E-state index is 12.1. The number of phenolic OH excluding ortho intramolecular Hbond substituents is 1. The number of carbonyl (C=O) groups excluding carboxylic acids is 1. The Kier molecular flexibility index (Phi) is 8.16. The predicted octanol–water partition coefficient (Wildman–Crippen LogP) is 3.16. The van der Waals surface area contributed by atoms with Gasteiger partial charge >= 0.3 is 0 Å². The number of aryl methyl sites for hydroxylation is 2. The monoisotopic (exact) mass is 449 g/mol. The van der Waals surface area contributed by atoms with Crippen LogP contribution in [0.2, 0.25) is 0 Å². The minimum absolute atomic E-state index is 0.0346. The van der Waals surface area contributed by atoms with Gasteiger partial charge in [-0.1, -0.05) is 53.8 Å². The number of hydrogen-bond donors (Lipinski definition) is 6. The van der Waals surface area contributed by atoms with Crippen LogP contribution >= 0.6 is 11.0 Å². The number of anilines is 1. The van der Waals surface area contributed by atoms with Crippen LogP contribution in [0.1, 0.15) is 36.8 Å². The van der Waals surface area contributed by atoms with Gasteiger partial charge in [-0.25, -0.2) is 0 Å². The lowest BCUT2D eigenvalue weighted by Crippen LogP contribution is -2.25. The maximum Gasteiger partial charge on any atom is 0.220 e. The summed E-state index contributed by atoms with van der Waals surface area (Å²) in [5, 5.41) is 22.8. The molecule has 0 spiro atoms. The number of phenols is 1. The van der Waals surface area contributed by atoms with Crippen molar-refractivity contribution in [2.45, 2.75) is 44.8 Å². The molecule has 1 heterocycles. The van der Waals surface area contributed by atoms with E-state index >= 15 is 0 Å². The number of nitrogens with zero attached hydrogens (tertiary/aromatic N) is 1. The Morgan fingerprint density at radius 2 is 1.84 bits per heavy atom. The molecule has 0 bridgehead atoms. The number of amides is 1. The number of β-amino-alcohol motifs (C(OH)–C–C–N with tert-alkyl or cyclic N) is 1. The summed E-state index contributed by atoms with van der Waals surface area (Å²) in [6.07, 6.45) is 3.83. The van der Waals surface area contributed by atoms with Crippen molar-refractivity contribution in [2.75, 3.05) is 17.4 Å². The van der Waals surface area contributed by atoms with Crippen molar-refractivity contribution in [1.29, 1.82) is 0 Å². The van der Waals surface area contributed by atoms with Gasteiger partial charge in [0, 0.05) is 13.0 Å². The zero-order valence-corrected chi connectivity index (χ0v) is 18.2. The van der Waals surface area contributed by atoms with E-state index in [9.17, 15) is 24.1 Å². The highest BCUT2D eigenvalue weighted by atomic mass is 32.3. The lowest BCUT2D eigenvalue weighted by atomic mass is 10.1. The van der Waals surface area contributed by atoms with E-state index in [0.717, 1.165) is 35.6 Å². The molecule has 1 amide bonds. The number of aromatic hydroxyl groups is 1. The summed E-state index contributed by atoms with van der Waals surface area (Å²) in [5.74, 6) is -0.167. The van der Waals surface area contributed by atoms with Gasteiger partial charge < -0.3 is 15.5 Å². The van der Waals surface area contributed by atoms with Crippen molar-refractivity contribution in [3.05, 3.63) is 59.7 Å². The predicted molar refractivity (Wildman–Crippen MR) is 123 cm³/mol. The highest BCUT2D eigenvalue weighted by molar-refractivity contribution is 8.24. The van der Waals surface area contributed by atoms with Crippen LogP contribution in [0.5, 0.6) is 5.75 Å². The van der Waals surface area contributed by atoms with Gasteiger partial charge in [-0.2, -0.15) is 4.72 Å². The molecule has 0 aromatic heterocycles. The van der Waals surface area contributed by atoms with Gasteiger partial charge in [0.25, 0.3) is 0 Å². The summed E-state index contributed by atoms with van der Waals surface area (Å²) in [6, 6.07) is 15.2. The van der Waals surface area contributed by atoms with Crippen LogP contribution in [0.4, 0.5) is 5.69 Å². The normalized spacial score (nSPS) is 18.7. The molecule has 2 aromatic rings. The van der Waals surface area contributed by atoms with Crippen LogP contribution in [-0.4, -0.2) is 44.5 Å². The summed E-state index contributed by atoms with van der Waals surface area (Å²) in [4.78, 5) is 12.1. The molecule has 1 fully saturated rings. The van der Waals surface area contributed by atoms with Gasteiger partial charge in [-0.05, 0) is 48.9 Å². The number of unbranched alkanes of at least 4 members (excludes halogenated alkanes) is 2. The lowest BCUT2D eigenvalue weighted by Gasteiger charge is -2.36. The van der Waals surface area contributed by atoms with E-state index in [1.807, 2.05) is 18.2 Å². The molecule has 170 valence electrons. The van der Waals surface area contributed by atoms with Crippen molar-refractivity contribution < 1.29 is 24.1 Å². The Morgan fingerprint density at radius 3 is 2.52 bits per heavy atom. The van der Waals surface area contributed by atoms with Gasteiger partial charge in [0.15, 0.2) is 0 Å². The zero-order valence-electron chi connectivity index (χ0n) is 17.4. The molecule has 0 radical (unpaired) electrons. The van der Waals surface area contributed by atoms with Crippen molar-refractivity contribution in [3.63, 3.8) is 0 Å². The van der Waals surface area contributed by atoms with Crippen LogP contribution in [0, 0.1) is 0 Å². The molecule has 1 saturated heterocycles. The topological polar surface area (TPSA) is 125 Å². The van der Waals surface area contributed by atoms with Gasteiger partial charge in [-0.3, -0.25) is 18.2 Å². The molecule has 31 heavy (non-hydrogen) atoms. The second kappa shape index (κ2) is 10.8. The molecule has 3 rings (SSSR count). The molecular formula is C22H31N3O5S. The molecule has 1 atom stereocenters. The molecule has 1 unspecified atom stereocenters. The molecule has 0 saturated carbocycles. The quantitative estimate of drug-likeness (QED) is 0.308. The van der Waals surface area contributed by atoms with Crippen LogP contribution in [-0.2, 0) is 17.6 Å². The fraction of sp³-hybridized carbons (Fsp3) is 0.409. The molecule has 1 aliphatic heterocycles. The third kappa shape index (κ3) is 6.84. The summed E-state index contributed by atoms with van der Waals surface area (Å²) in [7, 11) is -3.37.